The second-order valence-corrected chi connectivity index (χ2v) is 8.58. The molecule has 0 aromatic carbocycles. The summed E-state index contributed by atoms with van der Waals surface area (Å²) in [5, 5.41) is 0. The van der Waals surface area contributed by atoms with Gasteiger partial charge in [0.05, 0.1) is 5.75 Å². The summed E-state index contributed by atoms with van der Waals surface area (Å²) in [6.07, 6.45) is 5.42. The van der Waals surface area contributed by atoms with Crippen molar-refractivity contribution in [2.45, 2.75) is 31.7 Å². The summed E-state index contributed by atoms with van der Waals surface area (Å²) in [6.45, 7) is 0. The van der Waals surface area contributed by atoms with Crippen LogP contribution < -0.4 is 5.73 Å². The lowest BCUT2D eigenvalue weighted by molar-refractivity contribution is 0.468. The molecule has 1 fully saturated rings. The van der Waals surface area contributed by atoms with E-state index in [4.69, 9.17) is 5.73 Å². The molecular formula is C10H21NO3S2. The van der Waals surface area contributed by atoms with Crippen molar-refractivity contribution in [3.05, 3.63) is 0 Å². The molecular weight excluding hydrogens is 246 g/mol. The first-order chi connectivity index (χ1) is 7.38. The van der Waals surface area contributed by atoms with Crippen molar-refractivity contribution < 1.29 is 12.6 Å². The van der Waals surface area contributed by atoms with Crippen LogP contribution >= 0.6 is 0 Å². The zero-order valence-electron chi connectivity index (χ0n) is 9.72. The lowest BCUT2D eigenvalue weighted by Crippen LogP contribution is -2.26. The molecule has 0 aromatic heterocycles. The average molecular weight is 267 g/mol. The third-order valence-electron chi connectivity index (χ3n) is 3.12. The minimum atomic E-state index is -2.99. The van der Waals surface area contributed by atoms with Crippen LogP contribution in [0.15, 0.2) is 0 Å². The first-order valence-electron chi connectivity index (χ1n) is 5.67. The number of sulfone groups is 1. The van der Waals surface area contributed by atoms with E-state index in [0.717, 1.165) is 19.3 Å². The molecule has 1 saturated carbocycles. The summed E-state index contributed by atoms with van der Waals surface area (Å²) in [6, 6.07) is 0.256. The average Bonchev–Trinajstić information content (AvgIpc) is 2.57. The minimum absolute atomic E-state index is 0.0241. The fourth-order valence-corrected chi connectivity index (χ4v) is 4.78. The lowest BCUT2D eigenvalue weighted by atomic mass is 10.0. The van der Waals surface area contributed by atoms with Crippen LogP contribution in [0.25, 0.3) is 0 Å². The van der Waals surface area contributed by atoms with Gasteiger partial charge in [-0.3, -0.25) is 4.21 Å². The standard InChI is InChI=1S/C10H21NO3S2/c1-16(13,14)8-7-15(12)6-5-9-3-2-4-10(9)11/h9-10H,2-8,11H2,1H3. The highest BCUT2D eigenvalue weighted by Gasteiger charge is 2.23. The summed E-state index contributed by atoms with van der Waals surface area (Å²) in [5.74, 6) is 1.37. The van der Waals surface area contributed by atoms with Gasteiger partial charge >= 0.3 is 0 Å². The van der Waals surface area contributed by atoms with Gasteiger partial charge in [0.1, 0.15) is 9.84 Å². The molecule has 0 aromatic rings. The van der Waals surface area contributed by atoms with Crippen LogP contribution in [0, 0.1) is 5.92 Å². The molecule has 0 aliphatic heterocycles. The number of nitrogens with two attached hydrogens (primary N) is 1. The van der Waals surface area contributed by atoms with E-state index in [1.807, 2.05) is 0 Å². The summed E-state index contributed by atoms with van der Waals surface area (Å²) < 4.78 is 33.3. The molecule has 3 unspecified atom stereocenters. The quantitative estimate of drug-likeness (QED) is 0.751. The maximum absolute atomic E-state index is 11.6. The van der Waals surface area contributed by atoms with Gasteiger partial charge in [0.2, 0.25) is 0 Å². The molecule has 96 valence electrons. The predicted molar refractivity (Wildman–Crippen MR) is 67.5 cm³/mol. The van der Waals surface area contributed by atoms with Gasteiger partial charge in [0, 0.05) is 34.6 Å². The topological polar surface area (TPSA) is 77.2 Å². The highest BCUT2D eigenvalue weighted by Crippen LogP contribution is 2.26. The van der Waals surface area contributed by atoms with Crippen molar-refractivity contribution in [2.24, 2.45) is 11.7 Å². The van der Waals surface area contributed by atoms with Crippen molar-refractivity contribution >= 4 is 20.6 Å². The third kappa shape index (κ3) is 5.41. The van der Waals surface area contributed by atoms with E-state index >= 15 is 0 Å². The molecule has 0 heterocycles. The second-order valence-electron chi connectivity index (χ2n) is 4.62. The van der Waals surface area contributed by atoms with E-state index in [9.17, 15) is 12.6 Å². The Kier molecular flexibility index (Phi) is 5.40. The predicted octanol–water partition coefficient (Wildman–Crippen LogP) is 0.297. The van der Waals surface area contributed by atoms with Gasteiger partial charge in [-0.25, -0.2) is 8.42 Å². The van der Waals surface area contributed by atoms with Crippen molar-refractivity contribution in [3.63, 3.8) is 0 Å². The largest absolute Gasteiger partial charge is 0.327 e. The molecule has 0 radical (unpaired) electrons. The molecule has 3 atom stereocenters. The summed E-state index contributed by atoms with van der Waals surface area (Å²) in [4.78, 5) is 0. The van der Waals surface area contributed by atoms with Gasteiger partial charge in [-0.2, -0.15) is 0 Å². The van der Waals surface area contributed by atoms with Gasteiger partial charge in [0.25, 0.3) is 0 Å². The Balaban J connectivity index is 2.20. The number of rotatable bonds is 6. The SMILES string of the molecule is CS(=O)(=O)CCS(=O)CCC1CCCC1N. The summed E-state index contributed by atoms with van der Waals surface area (Å²) in [5.41, 5.74) is 5.91. The Morgan fingerprint density at radius 1 is 1.31 bits per heavy atom. The highest BCUT2D eigenvalue weighted by molar-refractivity contribution is 7.92. The maximum Gasteiger partial charge on any atom is 0.148 e. The van der Waals surface area contributed by atoms with E-state index in [1.165, 1.54) is 12.7 Å². The van der Waals surface area contributed by atoms with E-state index < -0.39 is 20.6 Å². The van der Waals surface area contributed by atoms with Crippen molar-refractivity contribution in [2.75, 3.05) is 23.5 Å². The first kappa shape index (κ1) is 14.1. The lowest BCUT2D eigenvalue weighted by Gasteiger charge is -2.14. The third-order valence-corrected chi connectivity index (χ3v) is 5.67. The fraction of sp³-hybridized carbons (Fsp3) is 1.00. The van der Waals surface area contributed by atoms with E-state index in [0.29, 0.717) is 11.7 Å². The molecule has 0 bridgehead atoms. The normalized spacial score (nSPS) is 28.1. The first-order valence-corrected chi connectivity index (χ1v) is 9.21. The van der Waals surface area contributed by atoms with Crippen LogP contribution in [-0.4, -0.2) is 42.2 Å². The van der Waals surface area contributed by atoms with E-state index in [1.54, 1.807) is 0 Å². The zero-order valence-corrected chi connectivity index (χ0v) is 11.4. The van der Waals surface area contributed by atoms with Crippen LogP contribution in [0.4, 0.5) is 0 Å². The smallest absolute Gasteiger partial charge is 0.148 e. The fourth-order valence-electron chi connectivity index (χ4n) is 2.05. The highest BCUT2D eigenvalue weighted by atomic mass is 32.2. The van der Waals surface area contributed by atoms with Gasteiger partial charge in [-0.05, 0) is 25.2 Å². The van der Waals surface area contributed by atoms with Crippen LogP contribution in [0.1, 0.15) is 25.7 Å². The zero-order chi connectivity index (χ0) is 12.2. The van der Waals surface area contributed by atoms with Gasteiger partial charge in [-0.15, -0.1) is 0 Å². The molecule has 16 heavy (non-hydrogen) atoms. The molecule has 1 aliphatic carbocycles. The Hall–Kier alpha value is 0.0600. The van der Waals surface area contributed by atoms with Crippen molar-refractivity contribution in [3.8, 4) is 0 Å². The molecule has 1 rings (SSSR count). The molecule has 4 nitrogen and oxygen atoms in total. The Bertz CT molecular complexity index is 340. The van der Waals surface area contributed by atoms with Gasteiger partial charge < -0.3 is 5.73 Å². The molecule has 2 N–H and O–H groups in total. The Labute approximate surface area is 100 Å². The van der Waals surface area contributed by atoms with Crippen LogP contribution in [0.2, 0.25) is 0 Å². The van der Waals surface area contributed by atoms with Crippen LogP contribution in [-0.2, 0) is 20.6 Å². The van der Waals surface area contributed by atoms with E-state index in [2.05, 4.69) is 0 Å². The molecule has 0 spiro atoms. The summed E-state index contributed by atoms with van der Waals surface area (Å²) in [7, 11) is -4.00. The Morgan fingerprint density at radius 2 is 2.00 bits per heavy atom. The molecule has 6 heteroatoms. The van der Waals surface area contributed by atoms with Crippen molar-refractivity contribution in [1.29, 1.82) is 0 Å². The van der Waals surface area contributed by atoms with Gasteiger partial charge in [-0.1, -0.05) is 6.42 Å². The monoisotopic (exact) mass is 267 g/mol. The van der Waals surface area contributed by atoms with E-state index in [-0.39, 0.29) is 17.5 Å². The molecule has 0 saturated heterocycles. The van der Waals surface area contributed by atoms with Crippen LogP contribution in [0.3, 0.4) is 0 Å². The number of hydrogen-bond donors (Lipinski definition) is 1. The van der Waals surface area contributed by atoms with Crippen LogP contribution in [0.5, 0.6) is 0 Å². The molecule has 0 amide bonds. The summed E-state index contributed by atoms with van der Waals surface area (Å²) >= 11 is 0. The van der Waals surface area contributed by atoms with Gasteiger partial charge in [0.15, 0.2) is 0 Å². The Morgan fingerprint density at radius 3 is 2.50 bits per heavy atom. The maximum atomic E-state index is 11.6. The second kappa shape index (κ2) is 6.12. The van der Waals surface area contributed by atoms with Crippen molar-refractivity contribution in [1.82, 2.24) is 0 Å². The minimum Gasteiger partial charge on any atom is -0.327 e. The molecule has 1 aliphatic rings. The number of hydrogen-bond acceptors (Lipinski definition) is 4.